The Morgan fingerprint density at radius 2 is 1.76 bits per heavy atom. The van der Waals surface area contributed by atoms with Gasteiger partial charge in [-0.1, -0.05) is 41.9 Å². The van der Waals surface area contributed by atoms with E-state index in [1.165, 1.54) is 0 Å². The maximum Gasteiger partial charge on any atom is 0.251 e. The Bertz CT molecular complexity index is 732. The van der Waals surface area contributed by atoms with Crippen LogP contribution in [-0.2, 0) is 17.9 Å². The largest absolute Gasteiger partial charge is 0.355 e. The van der Waals surface area contributed by atoms with Gasteiger partial charge >= 0.3 is 0 Å². The summed E-state index contributed by atoms with van der Waals surface area (Å²) < 4.78 is 0. The summed E-state index contributed by atoms with van der Waals surface area (Å²) in [6.07, 6.45) is 0. The molecule has 2 aromatic carbocycles. The number of likely N-dealkylation sites (N-methyl/N-ethyl adjacent to an activating group) is 1. The number of carbonyl (C=O) groups is 2. The number of benzene rings is 2. The molecule has 0 heterocycles. The summed E-state index contributed by atoms with van der Waals surface area (Å²) in [6.45, 7) is 1.31. The summed E-state index contributed by atoms with van der Waals surface area (Å²) in [5.74, 6) is -0.178. The molecule has 0 bridgehead atoms. The van der Waals surface area contributed by atoms with Crippen LogP contribution >= 0.6 is 11.6 Å². The average Bonchev–Trinajstić information content (AvgIpc) is 2.61. The number of hydrogen-bond donors (Lipinski definition) is 2. The number of nitrogens with one attached hydrogen (secondary N) is 2. The third kappa shape index (κ3) is 5.89. The molecule has 0 spiro atoms. The molecule has 2 rings (SSSR count). The summed E-state index contributed by atoms with van der Waals surface area (Å²) in [5.41, 5.74) is 2.55. The first-order chi connectivity index (χ1) is 12.0. The lowest BCUT2D eigenvalue weighted by Crippen LogP contribution is -2.34. The number of nitrogens with zero attached hydrogens (tertiary/aromatic N) is 1. The van der Waals surface area contributed by atoms with E-state index in [2.05, 4.69) is 10.6 Å². The number of amides is 2. The zero-order valence-electron chi connectivity index (χ0n) is 14.4. The first-order valence-electron chi connectivity index (χ1n) is 7.99. The molecule has 0 aliphatic rings. The molecule has 0 unspecified atom stereocenters. The van der Waals surface area contributed by atoms with Crippen LogP contribution in [0.5, 0.6) is 0 Å². The van der Waals surface area contributed by atoms with E-state index >= 15 is 0 Å². The second-order valence-electron chi connectivity index (χ2n) is 5.82. The van der Waals surface area contributed by atoms with Gasteiger partial charge in [0.1, 0.15) is 0 Å². The van der Waals surface area contributed by atoms with E-state index in [9.17, 15) is 9.59 Å². The quantitative estimate of drug-likeness (QED) is 0.798. The predicted molar refractivity (Wildman–Crippen MR) is 99.5 cm³/mol. The van der Waals surface area contributed by atoms with Crippen molar-refractivity contribution in [1.29, 1.82) is 0 Å². The Labute approximate surface area is 153 Å². The highest BCUT2D eigenvalue weighted by Crippen LogP contribution is 2.14. The second-order valence-corrected chi connectivity index (χ2v) is 6.22. The minimum absolute atomic E-state index is 0.0654. The van der Waals surface area contributed by atoms with Crippen molar-refractivity contribution in [3.8, 4) is 0 Å². The molecule has 5 nitrogen and oxygen atoms in total. The third-order valence-corrected chi connectivity index (χ3v) is 4.11. The SMILES string of the molecule is CNC(=O)c1ccc(CN(C)CC(=O)NCc2ccccc2Cl)cc1. The van der Waals surface area contributed by atoms with E-state index in [1.54, 1.807) is 25.2 Å². The van der Waals surface area contributed by atoms with Gasteiger partial charge in [-0.3, -0.25) is 14.5 Å². The van der Waals surface area contributed by atoms with Crippen molar-refractivity contribution in [3.63, 3.8) is 0 Å². The molecule has 2 N–H and O–H groups in total. The molecule has 0 saturated carbocycles. The van der Waals surface area contributed by atoms with Crippen molar-refractivity contribution < 1.29 is 9.59 Å². The number of carbonyl (C=O) groups excluding carboxylic acids is 2. The van der Waals surface area contributed by atoms with Crippen LogP contribution in [0.4, 0.5) is 0 Å². The fraction of sp³-hybridized carbons (Fsp3) is 0.263. The third-order valence-electron chi connectivity index (χ3n) is 3.74. The van der Waals surface area contributed by atoms with E-state index in [1.807, 2.05) is 42.3 Å². The Morgan fingerprint density at radius 1 is 1.08 bits per heavy atom. The van der Waals surface area contributed by atoms with Gasteiger partial charge in [-0.05, 0) is 36.4 Å². The van der Waals surface area contributed by atoms with Crippen LogP contribution in [0.3, 0.4) is 0 Å². The highest BCUT2D eigenvalue weighted by Gasteiger charge is 2.09. The lowest BCUT2D eigenvalue weighted by molar-refractivity contribution is -0.122. The smallest absolute Gasteiger partial charge is 0.251 e. The van der Waals surface area contributed by atoms with Crippen LogP contribution < -0.4 is 10.6 Å². The molecule has 2 amide bonds. The van der Waals surface area contributed by atoms with Gasteiger partial charge in [-0.2, -0.15) is 0 Å². The van der Waals surface area contributed by atoms with Gasteiger partial charge in [0, 0.05) is 30.7 Å². The van der Waals surface area contributed by atoms with Gasteiger partial charge in [0.2, 0.25) is 5.91 Å². The van der Waals surface area contributed by atoms with Crippen LogP contribution in [0.15, 0.2) is 48.5 Å². The van der Waals surface area contributed by atoms with Gasteiger partial charge < -0.3 is 10.6 Å². The lowest BCUT2D eigenvalue weighted by Gasteiger charge is -2.17. The lowest BCUT2D eigenvalue weighted by atomic mass is 10.1. The van der Waals surface area contributed by atoms with E-state index in [0.717, 1.165) is 11.1 Å². The molecule has 25 heavy (non-hydrogen) atoms. The Morgan fingerprint density at radius 3 is 2.40 bits per heavy atom. The minimum Gasteiger partial charge on any atom is -0.355 e. The fourth-order valence-corrected chi connectivity index (χ4v) is 2.61. The number of hydrogen-bond acceptors (Lipinski definition) is 3. The Kier molecular flexibility index (Phi) is 6.98. The van der Waals surface area contributed by atoms with Crippen molar-refractivity contribution in [2.24, 2.45) is 0 Å². The van der Waals surface area contributed by atoms with Crippen molar-refractivity contribution in [3.05, 3.63) is 70.2 Å². The maximum absolute atomic E-state index is 12.1. The molecule has 0 saturated heterocycles. The normalized spacial score (nSPS) is 10.6. The average molecular weight is 360 g/mol. The van der Waals surface area contributed by atoms with Gasteiger partial charge in [-0.15, -0.1) is 0 Å². The minimum atomic E-state index is -0.112. The summed E-state index contributed by atoms with van der Waals surface area (Å²) in [7, 11) is 3.48. The fourth-order valence-electron chi connectivity index (χ4n) is 2.41. The van der Waals surface area contributed by atoms with Crippen molar-refractivity contribution in [2.45, 2.75) is 13.1 Å². The van der Waals surface area contributed by atoms with Crippen LogP contribution in [0.25, 0.3) is 0 Å². The first kappa shape index (κ1) is 19.0. The first-order valence-corrected chi connectivity index (χ1v) is 8.37. The highest BCUT2D eigenvalue weighted by molar-refractivity contribution is 6.31. The van der Waals surface area contributed by atoms with Crippen molar-refractivity contribution in [2.75, 3.05) is 20.6 Å². The van der Waals surface area contributed by atoms with Crippen LogP contribution in [0, 0.1) is 0 Å². The van der Waals surface area contributed by atoms with Crippen LogP contribution in [0.1, 0.15) is 21.5 Å². The molecule has 132 valence electrons. The van der Waals surface area contributed by atoms with Gasteiger partial charge in [0.15, 0.2) is 0 Å². The monoisotopic (exact) mass is 359 g/mol. The molecule has 0 atom stereocenters. The summed E-state index contributed by atoms with van der Waals surface area (Å²) in [6, 6.07) is 14.8. The molecular weight excluding hydrogens is 338 g/mol. The maximum atomic E-state index is 12.1. The van der Waals surface area contributed by atoms with E-state index in [0.29, 0.717) is 23.7 Å². The molecule has 6 heteroatoms. The Hall–Kier alpha value is -2.37. The summed E-state index contributed by atoms with van der Waals surface area (Å²) in [4.78, 5) is 25.5. The van der Waals surface area contributed by atoms with Gasteiger partial charge in [0.05, 0.1) is 6.54 Å². The Balaban J connectivity index is 1.81. The topological polar surface area (TPSA) is 61.4 Å². The molecule has 0 fully saturated rings. The highest BCUT2D eigenvalue weighted by atomic mass is 35.5. The zero-order chi connectivity index (χ0) is 18.2. The van der Waals surface area contributed by atoms with Crippen molar-refractivity contribution >= 4 is 23.4 Å². The predicted octanol–water partition coefficient (Wildman–Crippen LogP) is 2.45. The summed E-state index contributed by atoms with van der Waals surface area (Å²) >= 11 is 6.08. The standard InChI is InChI=1S/C19H22ClN3O2/c1-21-19(25)15-9-7-14(8-10-15)12-23(2)13-18(24)22-11-16-5-3-4-6-17(16)20/h3-10H,11-13H2,1-2H3,(H,21,25)(H,22,24). The van der Waals surface area contributed by atoms with Crippen molar-refractivity contribution in [1.82, 2.24) is 15.5 Å². The van der Waals surface area contributed by atoms with E-state index in [-0.39, 0.29) is 18.4 Å². The van der Waals surface area contributed by atoms with Crippen LogP contribution in [0.2, 0.25) is 5.02 Å². The number of rotatable bonds is 7. The second kappa shape index (κ2) is 9.20. The zero-order valence-corrected chi connectivity index (χ0v) is 15.1. The van der Waals surface area contributed by atoms with E-state index < -0.39 is 0 Å². The van der Waals surface area contributed by atoms with Crippen LogP contribution in [-0.4, -0.2) is 37.4 Å². The molecule has 0 aliphatic carbocycles. The molecule has 2 aromatic rings. The van der Waals surface area contributed by atoms with Gasteiger partial charge in [-0.25, -0.2) is 0 Å². The summed E-state index contributed by atoms with van der Waals surface area (Å²) in [5, 5.41) is 6.10. The molecule has 0 aromatic heterocycles. The molecule has 0 aliphatic heterocycles. The van der Waals surface area contributed by atoms with E-state index in [4.69, 9.17) is 11.6 Å². The number of halogens is 1. The van der Waals surface area contributed by atoms with Gasteiger partial charge in [0.25, 0.3) is 5.91 Å². The molecular formula is C19H22ClN3O2. The molecule has 0 radical (unpaired) electrons.